The van der Waals surface area contributed by atoms with Gasteiger partial charge in [0.05, 0.1) is 18.3 Å². The minimum absolute atomic E-state index is 0.0894. The summed E-state index contributed by atoms with van der Waals surface area (Å²) in [6.45, 7) is 5.47. The van der Waals surface area contributed by atoms with Gasteiger partial charge in [0.2, 0.25) is 11.8 Å². The zero-order valence-electron chi connectivity index (χ0n) is 12.1. The molecule has 0 aromatic carbocycles. The summed E-state index contributed by atoms with van der Waals surface area (Å²) in [5, 5.41) is 14.2. The fourth-order valence-electron chi connectivity index (χ4n) is 1.52. The fourth-order valence-corrected chi connectivity index (χ4v) is 2.23. The molecule has 0 aliphatic heterocycles. The van der Waals surface area contributed by atoms with Gasteiger partial charge < -0.3 is 10.6 Å². The Morgan fingerprint density at radius 2 is 2.14 bits per heavy atom. The first kappa shape index (κ1) is 15.2. The molecule has 2 aromatic rings. The van der Waals surface area contributed by atoms with E-state index in [2.05, 4.69) is 25.8 Å². The van der Waals surface area contributed by atoms with Crippen molar-refractivity contribution in [2.24, 2.45) is 5.92 Å². The van der Waals surface area contributed by atoms with Crippen LogP contribution in [0.2, 0.25) is 0 Å². The summed E-state index contributed by atoms with van der Waals surface area (Å²) in [4.78, 5) is 27.7. The normalized spacial score (nSPS) is 10.7. The highest BCUT2D eigenvalue weighted by Gasteiger charge is 2.12. The lowest BCUT2D eigenvalue weighted by Crippen LogP contribution is -2.18. The zero-order valence-corrected chi connectivity index (χ0v) is 12.9. The molecule has 0 bridgehead atoms. The number of aromatic amines is 1. The third-order valence-electron chi connectivity index (χ3n) is 2.74. The number of aromatic nitrogens is 3. The number of carbonyl (C=O) groups excluding carboxylic acids is 2. The number of H-pyrrole nitrogens is 1. The first-order chi connectivity index (χ1) is 9.95. The fraction of sp³-hybridized carbons (Fsp3) is 0.385. The Kier molecular flexibility index (Phi) is 4.69. The molecule has 2 aromatic heterocycles. The van der Waals surface area contributed by atoms with Crippen molar-refractivity contribution in [2.75, 3.05) is 10.6 Å². The van der Waals surface area contributed by atoms with Crippen LogP contribution in [0, 0.1) is 12.8 Å². The first-order valence-electron chi connectivity index (χ1n) is 6.50. The summed E-state index contributed by atoms with van der Waals surface area (Å²) < 4.78 is 0. The minimum atomic E-state index is -0.186. The van der Waals surface area contributed by atoms with Gasteiger partial charge in [-0.1, -0.05) is 13.8 Å². The van der Waals surface area contributed by atoms with E-state index >= 15 is 0 Å². The van der Waals surface area contributed by atoms with Crippen LogP contribution in [-0.2, 0) is 16.0 Å². The summed E-state index contributed by atoms with van der Waals surface area (Å²) in [7, 11) is 0. The third-order valence-corrected chi connectivity index (χ3v) is 3.55. The van der Waals surface area contributed by atoms with Crippen molar-refractivity contribution in [3.63, 3.8) is 0 Å². The van der Waals surface area contributed by atoms with Crippen LogP contribution in [0.4, 0.5) is 10.9 Å². The molecule has 2 heterocycles. The minimum Gasteiger partial charge on any atom is -0.311 e. The first-order valence-corrected chi connectivity index (χ1v) is 7.38. The lowest BCUT2D eigenvalue weighted by atomic mass is 10.2. The van der Waals surface area contributed by atoms with Gasteiger partial charge in [0.15, 0.2) is 5.13 Å². The number of thiazole rings is 1. The zero-order chi connectivity index (χ0) is 15.4. The van der Waals surface area contributed by atoms with Crippen LogP contribution < -0.4 is 10.6 Å². The summed E-state index contributed by atoms with van der Waals surface area (Å²) in [6.07, 6.45) is 1.78. The average Bonchev–Trinajstić information content (AvgIpc) is 3.00. The second kappa shape index (κ2) is 6.49. The summed E-state index contributed by atoms with van der Waals surface area (Å²) in [5.41, 5.74) is 1.49. The van der Waals surface area contributed by atoms with Crippen LogP contribution >= 0.6 is 11.3 Å². The van der Waals surface area contributed by atoms with E-state index in [9.17, 15) is 9.59 Å². The van der Waals surface area contributed by atoms with Crippen molar-refractivity contribution in [3.05, 3.63) is 22.8 Å². The van der Waals surface area contributed by atoms with E-state index in [4.69, 9.17) is 0 Å². The van der Waals surface area contributed by atoms with Crippen LogP contribution in [-0.4, -0.2) is 27.0 Å². The molecule has 3 N–H and O–H groups in total. The van der Waals surface area contributed by atoms with E-state index in [0.29, 0.717) is 16.6 Å². The monoisotopic (exact) mass is 307 g/mol. The number of nitrogens with zero attached hydrogens (tertiary/aromatic N) is 2. The lowest BCUT2D eigenvalue weighted by molar-refractivity contribution is -0.119. The van der Waals surface area contributed by atoms with Gasteiger partial charge in [-0.25, -0.2) is 4.98 Å². The number of aryl methyl sites for hydroxylation is 1. The van der Waals surface area contributed by atoms with Crippen LogP contribution in [0.1, 0.15) is 25.1 Å². The topological polar surface area (TPSA) is 99.8 Å². The molecule has 2 amide bonds. The van der Waals surface area contributed by atoms with Crippen LogP contribution in [0.15, 0.2) is 11.6 Å². The van der Waals surface area contributed by atoms with Gasteiger partial charge >= 0.3 is 0 Å². The van der Waals surface area contributed by atoms with Gasteiger partial charge in [0, 0.05) is 16.9 Å². The molecule has 0 atom stereocenters. The van der Waals surface area contributed by atoms with Crippen molar-refractivity contribution >= 4 is 34.1 Å². The highest BCUT2D eigenvalue weighted by Crippen LogP contribution is 2.17. The van der Waals surface area contributed by atoms with Gasteiger partial charge in [0.25, 0.3) is 0 Å². The Hall–Kier alpha value is -2.22. The van der Waals surface area contributed by atoms with E-state index in [1.807, 2.05) is 20.8 Å². The molecule has 112 valence electrons. The van der Waals surface area contributed by atoms with Gasteiger partial charge in [-0.05, 0) is 6.92 Å². The molecule has 21 heavy (non-hydrogen) atoms. The average molecular weight is 307 g/mol. The second-order valence-electron chi connectivity index (χ2n) is 4.94. The number of nitrogens with one attached hydrogen (secondary N) is 3. The van der Waals surface area contributed by atoms with Gasteiger partial charge in [-0.15, -0.1) is 11.3 Å². The van der Waals surface area contributed by atoms with Crippen LogP contribution in [0.3, 0.4) is 0 Å². The molecule has 0 saturated heterocycles. The van der Waals surface area contributed by atoms with Crippen molar-refractivity contribution in [1.29, 1.82) is 0 Å². The predicted octanol–water partition coefficient (Wildman–Crippen LogP) is 1.95. The molecule has 7 nitrogen and oxygen atoms in total. The maximum absolute atomic E-state index is 11.9. The summed E-state index contributed by atoms with van der Waals surface area (Å²) in [5.74, 6) is 0.204. The Bertz CT molecular complexity index is 647. The maximum atomic E-state index is 11.9. The Balaban J connectivity index is 1.91. The molecule has 0 aliphatic carbocycles. The molecule has 0 radical (unpaired) electrons. The van der Waals surface area contributed by atoms with Crippen LogP contribution in [0.5, 0.6) is 0 Å². The van der Waals surface area contributed by atoms with E-state index in [0.717, 1.165) is 5.56 Å². The van der Waals surface area contributed by atoms with Gasteiger partial charge in [0.1, 0.15) is 5.82 Å². The quantitative estimate of drug-likeness (QED) is 0.786. The third kappa shape index (κ3) is 4.12. The molecule has 0 fully saturated rings. The molecule has 0 spiro atoms. The van der Waals surface area contributed by atoms with Crippen molar-refractivity contribution in [1.82, 2.24) is 15.2 Å². The van der Waals surface area contributed by atoms with Gasteiger partial charge in [-0.2, -0.15) is 5.10 Å². The molecule has 0 aliphatic rings. The predicted molar refractivity (Wildman–Crippen MR) is 81.2 cm³/mol. The molecule has 0 unspecified atom stereocenters. The second-order valence-corrected chi connectivity index (χ2v) is 5.80. The number of anilines is 2. The Morgan fingerprint density at radius 1 is 1.38 bits per heavy atom. The molecular weight excluding hydrogens is 290 g/mol. The number of rotatable bonds is 5. The van der Waals surface area contributed by atoms with Crippen molar-refractivity contribution in [3.8, 4) is 0 Å². The standard InChI is InChI=1S/C13H17N5O2S/c1-7(2)12(20)17-13-15-9(6-21-13)4-10(19)16-11-8(3)5-14-18-11/h5-7H,4H2,1-3H3,(H,15,17,20)(H2,14,16,18,19). The highest BCUT2D eigenvalue weighted by atomic mass is 32.1. The molecule has 8 heteroatoms. The van der Waals surface area contributed by atoms with E-state index < -0.39 is 0 Å². The Morgan fingerprint density at radius 3 is 2.76 bits per heavy atom. The van der Waals surface area contributed by atoms with E-state index in [1.165, 1.54) is 11.3 Å². The largest absolute Gasteiger partial charge is 0.311 e. The summed E-state index contributed by atoms with van der Waals surface area (Å²) >= 11 is 1.31. The number of amides is 2. The molecule has 0 saturated carbocycles. The van der Waals surface area contributed by atoms with E-state index in [-0.39, 0.29) is 24.2 Å². The SMILES string of the molecule is Cc1cn[nH]c1NC(=O)Cc1csc(NC(=O)C(C)C)n1. The Labute approximate surface area is 126 Å². The number of carbonyl (C=O) groups is 2. The lowest BCUT2D eigenvalue weighted by Gasteiger charge is -2.03. The molecular formula is C13H17N5O2S. The smallest absolute Gasteiger partial charge is 0.231 e. The number of hydrogen-bond acceptors (Lipinski definition) is 5. The van der Waals surface area contributed by atoms with Crippen LogP contribution in [0.25, 0.3) is 0 Å². The van der Waals surface area contributed by atoms with E-state index in [1.54, 1.807) is 11.6 Å². The highest BCUT2D eigenvalue weighted by molar-refractivity contribution is 7.13. The van der Waals surface area contributed by atoms with Crippen molar-refractivity contribution in [2.45, 2.75) is 27.2 Å². The maximum Gasteiger partial charge on any atom is 0.231 e. The molecule has 2 rings (SSSR count). The number of hydrogen-bond donors (Lipinski definition) is 3. The van der Waals surface area contributed by atoms with Gasteiger partial charge in [-0.3, -0.25) is 14.7 Å². The van der Waals surface area contributed by atoms with Crippen molar-refractivity contribution < 1.29 is 9.59 Å². The summed E-state index contributed by atoms with van der Waals surface area (Å²) in [6, 6.07) is 0.